The molecule has 2 aromatic heterocycles. The van der Waals surface area contributed by atoms with Crippen LogP contribution < -0.4 is 20.7 Å². The van der Waals surface area contributed by atoms with Gasteiger partial charge in [-0.1, -0.05) is 12.1 Å². The summed E-state index contributed by atoms with van der Waals surface area (Å²) < 4.78 is 7.12. The van der Waals surface area contributed by atoms with Gasteiger partial charge in [-0.05, 0) is 51.3 Å². The van der Waals surface area contributed by atoms with E-state index in [0.717, 1.165) is 47.4 Å². The Bertz CT molecular complexity index is 1100. The number of carbonyl (C=O) groups excluding carboxylic acids is 1. The van der Waals surface area contributed by atoms with E-state index in [9.17, 15) is 4.79 Å². The third kappa shape index (κ3) is 4.64. The third-order valence-electron chi connectivity index (χ3n) is 5.76. The number of piperidine rings is 1. The zero-order valence-corrected chi connectivity index (χ0v) is 19.3. The number of benzene rings is 1. The van der Waals surface area contributed by atoms with Crippen molar-refractivity contribution in [2.45, 2.75) is 45.7 Å². The summed E-state index contributed by atoms with van der Waals surface area (Å²) in [6.45, 7) is 8.11. The highest BCUT2D eigenvalue weighted by Gasteiger charge is 2.30. The molecule has 8 nitrogen and oxygen atoms in total. The van der Waals surface area contributed by atoms with Crippen LogP contribution in [0.5, 0.6) is 5.75 Å². The highest BCUT2D eigenvalue weighted by molar-refractivity contribution is 5.96. The van der Waals surface area contributed by atoms with Gasteiger partial charge >= 0.3 is 0 Å². The Labute approximate surface area is 188 Å². The van der Waals surface area contributed by atoms with E-state index in [0.29, 0.717) is 18.8 Å². The van der Waals surface area contributed by atoms with Gasteiger partial charge in [0.25, 0.3) is 0 Å². The van der Waals surface area contributed by atoms with Crippen molar-refractivity contribution < 1.29 is 9.53 Å². The van der Waals surface area contributed by atoms with E-state index >= 15 is 0 Å². The van der Waals surface area contributed by atoms with Gasteiger partial charge in [0.15, 0.2) is 5.65 Å². The van der Waals surface area contributed by atoms with Crippen LogP contribution in [-0.4, -0.2) is 46.4 Å². The number of pyridine rings is 1. The van der Waals surface area contributed by atoms with Crippen molar-refractivity contribution >= 4 is 28.3 Å². The summed E-state index contributed by atoms with van der Waals surface area (Å²) in [5, 5.41) is 8.62. The molecular formula is C24H32N6O2. The van der Waals surface area contributed by atoms with E-state index in [4.69, 9.17) is 10.5 Å². The van der Waals surface area contributed by atoms with Crippen molar-refractivity contribution in [2.75, 3.05) is 30.8 Å². The number of aromatic nitrogens is 3. The minimum atomic E-state index is -0.245. The second kappa shape index (κ2) is 8.68. The summed E-state index contributed by atoms with van der Waals surface area (Å²) in [6.07, 6.45) is 5.34. The van der Waals surface area contributed by atoms with Crippen LogP contribution in [0.2, 0.25) is 0 Å². The quantitative estimate of drug-likeness (QED) is 0.637. The molecule has 3 aromatic rings. The molecule has 0 unspecified atom stereocenters. The van der Waals surface area contributed by atoms with Crippen molar-refractivity contribution in [1.29, 1.82) is 0 Å². The third-order valence-corrected chi connectivity index (χ3v) is 5.76. The number of ether oxygens (including phenoxy) is 1. The minimum Gasteiger partial charge on any atom is -0.497 e. The van der Waals surface area contributed by atoms with E-state index in [2.05, 4.69) is 20.3 Å². The number of anilines is 2. The molecule has 1 aliphatic heterocycles. The van der Waals surface area contributed by atoms with Gasteiger partial charge in [-0.3, -0.25) is 4.79 Å². The Kier molecular flexibility index (Phi) is 5.95. The van der Waals surface area contributed by atoms with Crippen LogP contribution in [0.3, 0.4) is 0 Å². The van der Waals surface area contributed by atoms with Crippen LogP contribution >= 0.6 is 0 Å². The number of carbonyl (C=O) groups is 1. The predicted molar refractivity (Wildman–Crippen MR) is 127 cm³/mol. The van der Waals surface area contributed by atoms with Crippen molar-refractivity contribution in [1.82, 2.24) is 20.1 Å². The normalized spacial score (nSPS) is 16.9. The SMILES string of the molecule is COc1ccc(Cn2ncc3c(N4CCC[C@H](C(=O)NC(C)(C)C)C4)c(N)cnc32)cc1. The summed E-state index contributed by atoms with van der Waals surface area (Å²) in [6, 6.07) is 7.92. The fourth-order valence-electron chi connectivity index (χ4n) is 4.27. The standard InChI is InChI=1S/C24H32N6O2/c1-24(2,3)28-23(31)17-6-5-11-29(15-17)21-19-12-27-30(22(19)26-13-20(21)25)14-16-7-9-18(32-4)10-8-16/h7-10,12-13,17H,5-6,11,14-15,25H2,1-4H3,(H,28,31)/t17-/m0/s1. The maximum atomic E-state index is 12.8. The molecule has 8 heteroatoms. The van der Waals surface area contributed by atoms with Crippen LogP contribution in [0.4, 0.5) is 11.4 Å². The summed E-state index contributed by atoms with van der Waals surface area (Å²) in [4.78, 5) is 19.6. The van der Waals surface area contributed by atoms with Crippen LogP contribution in [0, 0.1) is 5.92 Å². The molecule has 1 aromatic carbocycles. The largest absolute Gasteiger partial charge is 0.497 e. The molecule has 170 valence electrons. The molecule has 1 fully saturated rings. The van der Waals surface area contributed by atoms with Crippen LogP contribution in [0.15, 0.2) is 36.7 Å². The zero-order chi connectivity index (χ0) is 22.9. The number of nitrogens with two attached hydrogens (primary N) is 1. The second-order valence-corrected chi connectivity index (χ2v) is 9.47. The van der Waals surface area contributed by atoms with Crippen molar-refractivity contribution in [3.8, 4) is 5.75 Å². The Morgan fingerprint density at radius 2 is 2.00 bits per heavy atom. The predicted octanol–water partition coefficient (Wildman–Crippen LogP) is 3.20. The summed E-state index contributed by atoms with van der Waals surface area (Å²) >= 11 is 0. The maximum Gasteiger partial charge on any atom is 0.225 e. The van der Waals surface area contributed by atoms with Gasteiger partial charge in [0.05, 0.1) is 48.7 Å². The van der Waals surface area contributed by atoms with Crippen molar-refractivity contribution in [3.63, 3.8) is 0 Å². The maximum absolute atomic E-state index is 12.8. The molecule has 0 aliphatic carbocycles. The molecule has 4 rings (SSSR count). The lowest BCUT2D eigenvalue weighted by atomic mass is 9.95. The number of nitrogens with zero attached hydrogens (tertiary/aromatic N) is 4. The van der Waals surface area contributed by atoms with Gasteiger partial charge in [-0.15, -0.1) is 0 Å². The van der Waals surface area contributed by atoms with Gasteiger partial charge in [0.2, 0.25) is 5.91 Å². The van der Waals surface area contributed by atoms with E-state index in [1.165, 1.54) is 0 Å². The molecule has 1 amide bonds. The summed E-state index contributed by atoms with van der Waals surface area (Å²) in [5.41, 5.74) is 9.55. The first-order valence-electron chi connectivity index (χ1n) is 11.0. The van der Waals surface area contributed by atoms with E-state index in [1.54, 1.807) is 13.3 Å². The highest BCUT2D eigenvalue weighted by atomic mass is 16.5. The Morgan fingerprint density at radius 3 is 2.69 bits per heavy atom. The number of amides is 1. The van der Waals surface area contributed by atoms with Gasteiger partial charge < -0.3 is 20.7 Å². The zero-order valence-electron chi connectivity index (χ0n) is 19.3. The average molecular weight is 437 g/mol. The molecule has 1 saturated heterocycles. The van der Waals surface area contributed by atoms with Crippen molar-refractivity contribution in [3.05, 3.63) is 42.2 Å². The first kappa shape index (κ1) is 21.9. The Balaban J connectivity index is 1.60. The van der Waals surface area contributed by atoms with Crippen LogP contribution in [0.25, 0.3) is 11.0 Å². The monoisotopic (exact) mass is 436 g/mol. The minimum absolute atomic E-state index is 0.0695. The number of nitrogens with one attached hydrogen (secondary N) is 1. The molecular weight excluding hydrogens is 404 g/mol. The molecule has 0 spiro atoms. The lowest BCUT2D eigenvalue weighted by molar-refractivity contribution is -0.126. The first-order chi connectivity index (χ1) is 15.2. The van der Waals surface area contributed by atoms with Crippen molar-refractivity contribution in [2.24, 2.45) is 5.92 Å². The summed E-state index contributed by atoms with van der Waals surface area (Å²) in [7, 11) is 1.66. The molecule has 0 bridgehead atoms. The smallest absolute Gasteiger partial charge is 0.225 e. The average Bonchev–Trinajstić information content (AvgIpc) is 3.15. The molecule has 3 heterocycles. The fraction of sp³-hybridized carbons (Fsp3) is 0.458. The number of nitrogen functional groups attached to an aromatic ring is 1. The van der Waals surface area contributed by atoms with E-state index in [1.807, 2.05) is 55.9 Å². The lowest BCUT2D eigenvalue weighted by Gasteiger charge is -2.35. The number of rotatable bonds is 5. The number of hydrogen-bond donors (Lipinski definition) is 2. The van der Waals surface area contributed by atoms with Gasteiger partial charge in [0, 0.05) is 18.6 Å². The summed E-state index contributed by atoms with van der Waals surface area (Å²) in [5.74, 6) is 0.851. The number of methoxy groups -OCH3 is 1. The molecule has 1 aliphatic rings. The molecule has 0 saturated carbocycles. The van der Waals surface area contributed by atoms with Gasteiger partial charge in [0.1, 0.15) is 5.75 Å². The number of hydrogen-bond acceptors (Lipinski definition) is 6. The van der Waals surface area contributed by atoms with Crippen LogP contribution in [0.1, 0.15) is 39.2 Å². The van der Waals surface area contributed by atoms with E-state index < -0.39 is 0 Å². The fourth-order valence-corrected chi connectivity index (χ4v) is 4.27. The van der Waals surface area contributed by atoms with Gasteiger partial charge in [-0.25, -0.2) is 9.67 Å². The molecule has 0 radical (unpaired) electrons. The highest BCUT2D eigenvalue weighted by Crippen LogP contribution is 2.34. The molecule has 3 N–H and O–H groups in total. The molecule has 1 atom stereocenters. The molecule has 32 heavy (non-hydrogen) atoms. The van der Waals surface area contributed by atoms with Crippen LogP contribution in [-0.2, 0) is 11.3 Å². The Morgan fingerprint density at radius 1 is 1.25 bits per heavy atom. The number of fused-ring (bicyclic) bond motifs is 1. The Hall–Kier alpha value is -3.29. The first-order valence-corrected chi connectivity index (χ1v) is 11.0. The van der Waals surface area contributed by atoms with Gasteiger partial charge in [-0.2, -0.15) is 5.10 Å². The van der Waals surface area contributed by atoms with E-state index in [-0.39, 0.29) is 17.4 Å². The lowest BCUT2D eigenvalue weighted by Crippen LogP contribution is -2.48. The second-order valence-electron chi connectivity index (χ2n) is 9.47. The topological polar surface area (TPSA) is 98.3 Å².